The molecule has 0 aromatic heterocycles. The van der Waals surface area contributed by atoms with E-state index in [1.54, 1.807) is 24.3 Å². The lowest BCUT2D eigenvalue weighted by molar-refractivity contribution is -0.120. The topological polar surface area (TPSA) is 54.5 Å². The number of imide groups is 1. The Morgan fingerprint density at radius 3 is 2.38 bits per heavy atom. The van der Waals surface area contributed by atoms with Gasteiger partial charge in [0, 0.05) is 23.1 Å². The number of benzene rings is 2. The third-order valence-corrected chi connectivity index (χ3v) is 4.60. The number of fused-ring (bicyclic) bond motifs is 1. The number of hydrogen-bond donors (Lipinski definition) is 0. The largest absolute Gasteiger partial charge is 0.294 e. The van der Waals surface area contributed by atoms with Crippen LogP contribution in [0.1, 0.15) is 22.3 Å². The molecule has 0 saturated heterocycles. The monoisotopic (exact) mass is 317 g/mol. The van der Waals surface area contributed by atoms with Crippen molar-refractivity contribution >= 4 is 23.3 Å². The minimum Gasteiger partial charge on any atom is -0.294 e. The molecule has 2 amide bonds. The molecule has 1 heterocycles. The van der Waals surface area contributed by atoms with Crippen molar-refractivity contribution in [2.45, 2.75) is 12.8 Å². The molecule has 1 aliphatic carbocycles. The summed E-state index contributed by atoms with van der Waals surface area (Å²) in [5, 5.41) is 0. The highest BCUT2D eigenvalue weighted by Crippen LogP contribution is 2.33. The van der Waals surface area contributed by atoms with Crippen molar-refractivity contribution in [1.82, 2.24) is 0 Å². The molecular formula is C20H15NO3. The summed E-state index contributed by atoms with van der Waals surface area (Å²) < 4.78 is 0. The van der Waals surface area contributed by atoms with E-state index in [0.29, 0.717) is 24.1 Å². The molecule has 0 N–H and O–H groups in total. The summed E-state index contributed by atoms with van der Waals surface area (Å²) in [4.78, 5) is 38.5. The lowest BCUT2D eigenvalue weighted by Gasteiger charge is -2.15. The van der Waals surface area contributed by atoms with Gasteiger partial charge >= 0.3 is 0 Å². The second-order valence-electron chi connectivity index (χ2n) is 6.11. The zero-order chi connectivity index (χ0) is 16.7. The fourth-order valence-corrected chi connectivity index (χ4v) is 3.43. The van der Waals surface area contributed by atoms with Gasteiger partial charge in [0.2, 0.25) is 0 Å². The van der Waals surface area contributed by atoms with Crippen molar-refractivity contribution in [3.05, 3.63) is 77.4 Å². The average Bonchev–Trinajstić information content (AvgIpc) is 3.06. The van der Waals surface area contributed by atoms with E-state index in [9.17, 15) is 14.4 Å². The van der Waals surface area contributed by atoms with Crippen molar-refractivity contribution < 1.29 is 14.4 Å². The lowest BCUT2D eigenvalue weighted by atomic mass is 9.95. The van der Waals surface area contributed by atoms with Gasteiger partial charge in [-0.05, 0) is 30.5 Å². The number of carbonyl (C=O) groups is 3. The fourth-order valence-electron chi connectivity index (χ4n) is 3.43. The molecule has 0 spiro atoms. The number of hydrogen-bond acceptors (Lipinski definition) is 3. The molecular weight excluding hydrogens is 302 g/mol. The first-order valence-electron chi connectivity index (χ1n) is 7.91. The Morgan fingerprint density at radius 1 is 0.917 bits per heavy atom. The number of carbonyl (C=O) groups excluding carboxylic acids is 3. The summed E-state index contributed by atoms with van der Waals surface area (Å²) in [5.41, 5.74) is 2.72. The zero-order valence-corrected chi connectivity index (χ0v) is 12.9. The number of rotatable bonds is 3. The molecule has 1 aliphatic heterocycles. The van der Waals surface area contributed by atoms with Crippen LogP contribution in [0.15, 0.2) is 66.2 Å². The average molecular weight is 317 g/mol. The van der Waals surface area contributed by atoms with Crippen molar-refractivity contribution in [2.24, 2.45) is 5.92 Å². The van der Waals surface area contributed by atoms with Gasteiger partial charge < -0.3 is 0 Å². The summed E-state index contributed by atoms with van der Waals surface area (Å²) >= 11 is 0. The van der Waals surface area contributed by atoms with E-state index >= 15 is 0 Å². The Balaban J connectivity index is 1.55. The number of ketones is 1. The van der Waals surface area contributed by atoms with Crippen LogP contribution in [0, 0.1) is 5.92 Å². The van der Waals surface area contributed by atoms with Gasteiger partial charge in [0.05, 0.1) is 5.69 Å². The highest BCUT2D eigenvalue weighted by molar-refractivity contribution is 6.30. The second-order valence-corrected chi connectivity index (χ2v) is 6.11. The summed E-state index contributed by atoms with van der Waals surface area (Å²) in [7, 11) is 0. The number of nitrogens with zero attached hydrogens (tertiary/aromatic N) is 1. The van der Waals surface area contributed by atoms with Crippen LogP contribution in [0.3, 0.4) is 0 Å². The zero-order valence-electron chi connectivity index (χ0n) is 12.9. The van der Waals surface area contributed by atoms with Crippen molar-refractivity contribution in [2.75, 3.05) is 4.90 Å². The van der Waals surface area contributed by atoms with Gasteiger partial charge in [-0.2, -0.15) is 0 Å². The van der Waals surface area contributed by atoms with Gasteiger partial charge in [-0.25, -0.2) is 4.90 Å². The van der Waals surface area contributed by atoms with Gasteiger partial charge in [-0.15, -0.1) is 0 Å². The standard InChI is InChI=1S/C20H15NO3/c22-18-12-15(20(24)21(18)16-7-2-1-3-8-16)11-14-10-13-6-4-5-9-17(13)19(14)23/h1-9,12,14H,10-11H2. The summed E-state index contributed by atoms with van der Waals surface area (Å²) in [6.07, 6.45) is 2.30. The Bertz CT molecular complexity index is 883. The van der Waals surface area contributed by atoms with E-state index in [1.807, 2.05) is 30.3 Å². The van der Waals surface area contributed by atoms with Crippen LogP contribution >= 0.6 is 0 Å². The van der Waals surface area contributed by atoms with E-state index < -0.39 is 0 Å². The molecule has 0 fully saturated rings. The summed E-state index contributed by atoms with van der Waals surface area (Å²) in [6.45, 7) is 0. The molecule has 2 aliphatic rings. The summed E-state index contributed by atoms with van der Waals surface area (Å²) in [5.74, 6) is -0.870. The van der Waals surface area contributed by atoms with Crippen LogP contribution < -0.4 is 4.90 Å². The lowest BCUT2D eigenvalue weighted by Crippen LogP contribution is -2.31. The second kappa shape index (κ2) is 5.57. The van der Waals surface area contributed by atoms with Gasteiger partial charge in [0.1, 0.15) is 0 Å². The number of amides is 2. The van der Waals surface area contributed by atoms with Gasteiger partial charge in [-0.1, -0.05) is 42.5 Å². The highest BCUT2D eigenvalue weighted by atomic mass is 16.2. The molecule has 1 atom stereocenters. The first kappa shape index (κ1) is 14.6. The highest BCUT2D eigenvalue weighted by Gasteiger charge is 2.37. The van der Waals surface area contributed by atoms with Crippen LogP contribution in [0.25, 0.3) is 0 Å². The number of anilines is 1. The SMILES string of the molecule is O=C1c2ccccc2CC1CC1=CC(=O)N(c2ccccc2)C1=O. The molecule has 1 unspecified atom stereocenters. The predicted molar refractivity (Wildman–Crippen MR) is 89.6 cm³/mol. The molecule has 0 saturated carbocycles. The minimum absolute atomic E-state index is 0.0601. The maximum absolute atomic E-state index is 12.6. The van der Waals surface area contributed by atoms with E-state index in [0.717, 1.165) is 11.1 Å². The predicted octanol–water partition coefficient (Wildman–Crippen LogP) is 2.93. The van der Waals surface area contributed by atoms with Crippen LogP contribution in [-0.4, -0.2) is 17.6 Å². The molecule has 4 rings (SSSR count). The van der Waals surface area contributed by atoms with E-state index in [1.165, 1.54) is 11.0 Å². The van der Waals surface area contributed by atoms with Crippen molar-refractivity contribution in [1.29, 1.82) is 0 Å². The van der Waals surface area contributed by atoms with Crippen LogP contribution in [0.5, 0.6) is 0 Å². The molecule has 2 aromatic carbocycles. The maximum atomic E-state index is 12.6. The van der Waals surface area contributed by atoms with Crippen molar-refractivity contribution in [3.8, 4) is 0 Å². The summed E-state index contributed by atoms with van der Waals surface area (Å²) in [6, 6.07) is 16.4. The van der Waals surface area contributed by atoms with Crippen LogP contribution in [0.4, 0.5) is 5.69 Å². The smallest absolute Gasteiger partial charge is 0.261 e. The fraction of sp³-hybridized carbons (Fsp3) is 0.150. The van der Waals surface area contributed by atoms with Gasteiger partial charge in [-0.3, -0.25) is 14.4 Å². The van der Waals surface area contributed by atoms with E-state index in [4.69, 9.17) is 0 Å². The van der Waals surface area contributed by atoms with Crippen LogP contribution in [-0.2, 0) is 16.0 Å². The Hall–Kier alpha value is -3.01. The molecule has 0 radical (unpaired) electrons. The number of Topliss-reactive ketones (excluding diaryl/α,β-unsaturated/α-hetero) is 1. The molecule has 118 valence electrons. The molecule has 0 bridgehead atoms. The Kier molecular flexibility index (Phi) is 3.38. The van der Waals surface area contributed by atoms with Crippen LogP contribution in [0.2, 0.25) is 0 Å². The Labute approximate surface area is 139 Å². The maximum Gasteiger partial charge on any atom is 0.261 e. The first-order chi connectivity index (χ1) is 11.6. The molecule has 4 heteroatoms. The van der Waals surface area contributed by atoms with Gasteiger partial charge in [0.15, 0.2) is 5.78 Å². The first-order valence-corrected chi connectivity index (χ1v) is 7.91. The van der Waals surface area contributed by atoms with E-state index in [2.05, 4.69) is 0 Å². The quantitative estimate of drug-likeness (QED) is 0.818. The number of para-hydroxylation sites is 1. The molecule has 4 nitrogen and oxygen atoms in total. The minimum atomic E-state index is -0.343. The van der Waals surface area contributed by atoms with Gasteiger partial charge in [0.25, 0.3) is 11.8 Å². The molecule has 2 aromatic rings. The normalized spacial score (nSPS) is 19.7. The third-order valence-electron chi connectivity index (χ3n) is 4.60. The van der Waals surface area contributed by atoms with Crippen molar-refractivity contribution in [3.63, 3.8) is 0 Å². The molecule has 24 heavy (non-hydrogen) atoms. The Morgan fingerprint density at radius 2 is 1.62 bits per heavy atom. The van der Waals surface area contributed by atoms with E-state index in [-0.39, 0.29) is 23.5 Å². The third kappa shape index (κ3) is 2.27.